The van der Waals surface area contributed by atoms with Crippen molar-refractivity contribution in [2.75, 3.05) is 7.05 Å². The highest BCUT2D eigenvalue weighted by Crippen LogP contribution is 2.21. The first kappa shape index (κ1) is 7.63. The summed E-state index contributed by atoms with van der Waals surface area (Å²) in [5, 5.41) is 1.33. The Kier molecular flexibility index (Phi) is 1.53. The zero-order valence-corrected chi connectivity index (χ0v) is 6.99. The second-order valence-electron chi connectivity index (χ2n) is 2.73. The molecule has 0 aromatic rings. The lowest BCUT2D eigenvalue weighted by Gasteiger charge is -2.14. The minimum Gasteiger partial charge on any atom is -0.288 e. The standard InChI is InChI=1S/C6H9NO2S/c1-6(2)4(8)5(10)7(3)9-6/h1-3H3. The molecule has 56 valence electrons. The van der Waals surface area contributed by atoms with Crippen molar-refractivity contribution in [2.45, 2.75) is 19.4 Å². The molecule has 0 saturated carbocycles. The van der Waals surface area contributed by atoms with E-state index in [0.717, 1.165) is 0 Å². The number of nitrogens with zero attached hydrogens (tertiary/aromatic N) is 1. The van der Waals surface area contributed by atoms with Crippen LogP contribution in [0.2, 0.25) is 0 Å². The molecule has 0 unspecified atom stereocenters. The molecule has 0 spiro atoms. The van der Waals surface area contributed by atoms with Crippen LogP contribution in [0.4, 0.5) is 0 Å². The van der Waals surface area contributed by atoms with Crippen LogP contribution in [-0.2, 0) is 9.63 Å². The van der Waals surface area contributed by atoms with Crippen molar-refractivity contribution >= 4 is 23.0 Å². The molecule has 1 aliphatic heterocycles. The van der Waals surface area contributed by atoms with Crippen molar-refractivity contribution in [3.05, 3.63) is 0 Å². The first-order chi connectivity index (χ1) is 4.45. The second-order valence-corrected chi connectivity index (χ2v) is 3.12. The number of carbonyl (C=O) groups excluding carboxylic acids is 1. The van der Waals surface area contributed by atoms with Gasteiger partial charge in [-0.2, -0.15) is 0 Å². The van der Waals surface area contributed by atoms with Crippen molar-refractivity contribution in [1.29, 1.82) is 0 Å². The maximum Gasteiger partial charge on any atom is 0.226 e. The van der Waals surface area contributed by atoms with Gasteiger partial charge in [0.05, 0.1) is 0 Å². The molecule has 0 N–H and O–H groups in total. The molecule has 1 aliphatic rings. The van der Waals surface area contributed by atoms with Crippen LogP contribution in [0.15, 0.2) is 0 Å². The first-order valence-electron chi connectivity index (χ1n) is 2.97. The van der Waals surface area contributed by atoms with E-state index in [1.807, 2.05) is 0 Å². The van der Waals surface area contributed by atoms with Crippen LogP contribution >= 0.6 is 12.2 Å². The number of hydrogen-bond donors (Lipinski definition) is 0. The van der Waals surface area contributed by atoms with Crippen molar-refractivity contribution in [3.8, 4) is 0 Å². The van der Waals surface area contributed by atoms with Crippen LogP contribution < -0.4 is 0 Å². The van der Waals surface area contributed by atoms with Crippen LogP contribution in [-0.4, -0.2) is 28.5 Å². The molecular formula is C6H9NO2S. The van der Waals surface area contributed by atoms with E-state index in [1.54, 1.807) is 20.9 Å². The summed E-state index contributed by atoms with van der Waals surface area (Å²) in [6.07, 6.45) is 0. The normalized spacial score (nSPS) is 24.1. The summed E-state index contributed by atoms with van der Waals surface area (Å²) >= 11 is 4.76. The van der Waals surface area contributed by atoms with Gasteiger partial charge in [0.2, 0.25) is 5.78 Å². The SMILES string of the molecule is CN1OC(C)(C)C(=O)C1=S. The lowest BCUT2D eigenvalue weighted by atomic mass is 10.1. The van der Waals surface area contributed by atoms with Gasteiger partial charge in [0.25, 0.3) is 0 Å². The quantitative estimate of drug-likeness (QED) is 0.482. The molecule has 1 heterocycles. The lowest BCUT2D eigenvalue weighted by molar-refractivity contribution is -0.156. The average Bonchev–Trinajstić information content (AvgIpc) is 1.95. The molecule has 0 bridgehead atoms. The summed E-state index contributed by atoms with van der Waals surface area (Å²) in [6.45, 7) is 3.40. The topological polar surface area (TPSA) is 29.5 Å². The highest BCUT2D eigenvalue weighted by atomic mass is 32.1. The predicted molar refractivity (Wildman–Crippen MR) is 40.5 cm³/mol. The minimum atomic E-state index is -0.758. The zero-order valence-electron chi connectivity index (χ0n) is 6.17. The molecule has 0 radical (unpaired) electrons. The Labute approximate surface area is 64.9 Å². The molecule has 3 nitrogen and oxygen atoms in total. The van der Waals surface area contributed by atoms with Crippen molar-refractivity contribution in [3.63, 3.8) is 0 Å². The van der Waals surface area contributed by atoms with Crippen molar-refractivity contribution in [1.82, 2.24) is 5.06 Å². The highest BCUT2D eigenvalue weighted by molar-refractivity contribution is 7.82. The summed E-state index contributed by atoms with van der Waals surface area (Å²) < 4.78 is 0. The van der Waals surface area contributed by atoms with Gasteiger partial charge < -0.3 is 0 Å². The third kappa shape index (κ3) is 0.932. The molecule has 4 heteroatoms. The van der Waals surface area contributed by atoms with E-state index in [0.29, 0.717) is 0 Å². The Morgan fingerprint density at radius 3 is 2.20 bits per heavy atom. The number of hydroxylamine groups is 2. The number of carbonyl (C=O) groups is 1. The third-order valence-electron chi connectivity index (χ3n) is 1.39. The monoisotopic (exact) mass is 159 g/mol. The van der Waals surface area contributed by atoms with Crippen LogP contribution in [0, 0.1) is 0 Å². The molecule has 1 rings (SSSR count). The number of likely N-dealkylation sites (N-methyl/N-ethyl adjacent to an activating group) is 1. The van der Waals surface area contributed by atoms with Gasteiger partial charge in [0.1, 0.15) is 0 Å². The largest absolute Gasteiger partial charge is 0.288 e. The fourth-order valence-corrected chi connectivity index (χ4v) is 1.11. The van der Waals surface area contributed by atoms with E-state index in [2.05, 4.69) is 0 Å². The number of hydrogen-bond acceptors (Lipinski definition) is 3. The van der Waals surface area contributed by atoms with Crippen molar-refractivity contribution < 1.29 is 9.63 Å². The van der Waals surface area contributed by atoms with E-state index < -0.39 is 5.60 Å². The van der Waals surface area contributed by atoms with Gasteiger partial charge in [0, 0.05) is 7.05 Å². The van der Waals surface area contributed by atoms with Crippen molar-refractivity contribution in [2.24, 2.45) is 0 Å². The summed E-state index contributed by atoms with van der Waals surface area (Å²) in [5.74, 6) is -0.120. The molecule has 1 saturated heterocycles. The second kappa shape index (κ2) is 2.00. The predicted octanol–water partition coefficient (Wildman–Crippen LogP) is 0.538. The fraction of sp³-hybridized carbons (Fsp3) is 0.667. The van der Waals surface area contributed by atoms with Crippen LogP contribution in [0.25, 0.3) is 0 Å². The fourth-order valence-electron chi connectivity index (χ4n) is 0.826. The summed E-state index contributed by atoms with van der Waals surface area (Å²) in [7, 11) is 1.63. The van der Waals surface area contributed by atoms with E-state index in [9.17, 15) is 4.79 Å². The van der Waals surface area contributed by atoms with E-state index in [4.69, 9.17) is 17.1 Å². The number of thiocarbonyl (C=S) groups is 1. The Hall–Kier alpha value is -0.480. The van der Waals surface area contributed by atoms with Crippen LogP contribution in [0.3, 0.4) is 0 Å². The van der Waals surface area contributed by atoms with Gasteiger partial charge in [-0.15, -0.1) is 0 Å². The number of Topliss-reactive ketones (excluding diaryl/α,β-unsaturated/α-hetero) is 1. The minimum absolute atomic E-state index is 0.120. The third-order valence-corrected chi connectivity index (χ3v) is 1.83. The Morgan fingerprint density at radius 2 is 2.10 bits per heavy atom. The van der Waals surface area contributed by atoms with Gasteiger partial charge in [-0.3, -0.25) is 9.63 Å². The molecule has 0 aromatic carbocycles. The Bertz CT molecular complexity index is 200. The number of rotatable bonds is 0. The lowest BCUT2D eigenvalue weighted by Crippen LogP contribution is -2.29. The van der Waals surface area contributed by atoms with E-state index >= 15 is 0 Å². The van der Waals surface area contributed by atoms with Gasteiger partial charge in [-0.05, 0) is 13.8 Å². The molecule has 10 heavy (non-hydrogen) atoms. The van der Waals surface area contributed by atoms with Gasteiger partial charge in [-0.1, -0.05) is 12.2 Å². The Morgan fingerprint density at radius 1 is 1.60 bits per heavy atom. The maximum atomic E-state index is 11.1. The molecular weight excluding hydrogens is 150 g/mol. The van der Waals surface area contributed by atoms with Gasteiger partial charge in [-0.25, -0.2) is 5.06 Å². The van der Waals surface area contributed by atoms with Crippen LogP contribution in [0.5, 0.6) is 0 Å². The summed E-state index contributed by atoms with van der Waals surface area (Å²) in [6, 6.07) is 0. The smallest absolute Gasteiger partial charge is 0.226 e. The van der Waals surface area contributed by atoms with E-state index in [1.165, 1.54) is 5.06 Å². The van der Waals surface area contributed by atoms with Crippen LogP contribution in [0.1, 0.15) is 13.8 Å². The first-order valence-corrected chi connectivity index (χ1v) is 3.37. The molecule has 0 amide bonds. The maximum absolute atomic E-state index is 11.1. The number of ketones is 1. The summed E-state index contributed by atoms with van der Waals surface area (Å²) in [4.78, 5) is 16.5. The van der Waals surface area contributed by atoms with Gasteiger partial charge in [0.15, 0.2) is 10.6 Å². The molecule has 1 fully saturated rings. The van der Waals surface area contributed by atoms with E-state index in [-0.39, 0.29) is 10.8 Å². The molecule has 0 aliphatic carbocycles. The molecule has 0 atom stereocenters. The highest BCUT2D eigenvalue weighted by Gasteiger charge is 2.42. The summed E-state index contributed by atoms with van der Waals surface area (Å²) in [5.41, 5.74) is -0.758. The van der Waals surface area contributed by atoms with Gasteiger partial charge >= 0.3 is 0 Å². The zero-order chi connectivity index (χ0) is 7.94. The Balaban J connectivity index is 2.92. The molecule has 0 aromatic heterocycles. The average molecular weight is 159 g/mol.